The molecule has 1 aliphatic heterocycles. The van der Waals surface area contributed by atoms with E-state index in [0.29, 0.717) is 5.92 Å². The van der Waals surface area contributed by atoms with Crippen LogP contribution in [0.2, 0.25) is 0 Å². The number of nitrogens with zero attached hydrogens (tertiary/aromatic N) is 3. The minimum Gasteiger partial charge on any atom is -0.496 e. The van der Waals surface area contributed by atoms with Crippen molar-refractivity contribution in [1.29, 1.82) is 0 Å². The second-order valence-electron chi connectivity index (χ2n) is 5.47. The molecule has 1 aliphatic carbocycles. The summed E-state index contributed by atoms with van der Waals surface area (Å²) in [6, 6.07) is 6.30. The normalized spacial score (nSPS) is 17.9. The molecule has 0 amide bonds. The van der Waals surface area contributed by atoms with E-state index in [-0.39, 0.29) is 0 Å². The maximum Gasteiger partial charge on any atom is 0.208 e. The Morgan fingerprint density at radius 3 is 3.00 bits per heavy atom. The lowest BCUT2D eigenvalue weighted by atomic mass is 9.99. The number of ether oxygens (including phenoxy) is 1. The number of anilines is 1. The fourth-order valence-electron chi connectivity index (χ4n) is 2.78. The molecule has 0 bridgehead atoms. The molecule has 104 valence electrons. The quantitative estimate of drug-likeness (QED) is 0.870. The molecule has 1 saturated carbocycles. The van der Waals surface area contributed by atoms with Crippen molar-refractivity contribution >= 4 is 16.5 Å². The fourth-order valence-corrected chi connectivity index (χ4v) is 3.82. The summed E-state index contributed by atoms with van der Waals surface area (Å²) in [5.41, 5.74) is 2.69. The summed E-state index contributed by atoms with van der Waals surface area (Å²) in [4.78, 5) is 2.34. The van der Waals surface area contributed by atoms with E-state index in [9.17, 15) is 0 Å². The van der Waals surface area contributed by atoms with Gasteiger partial charge < -0.3 is 9.64 Å². The van der Waals surface area contributed by atoms with Gasteiger partial charge >= 0.3 is 0 Å². The van der Waals surface area contributed by atoms with Gasteiger partial charge in [0.05, 0.1) is 7.11 Å². The lowest BCUT2D eigenvalue weighted by Gasteiger charge is -2.29. The molecule has 0 saturated heterocycles. The van der Waals surface area contributed by atoms with Crippen LogP contribution in [0.3, 0.4) is 0 Å². The first-order chi connectivity index (χ1) is 9.85. The van der Waals surface area contributed by atoms with Gasteiger partial charge in [0.1, 0.15) is 10.8 Å². The number of benzene rings is 1. The number of methoxy groups -OCH3 is 1. The number of aromatic nitrogens is 2. The van der Waals surface area contributed by atoms with Crippen LogP contribution < -0.4 is 9.64 Å². The van der Waals surface area contributed by atoms with E-state index in [0.717, 1.165) is 30.4 Å². The minimum absolute atomic E-state index is 0.693. The molecule has 20 heavy (non-hydrogen) atoms. The molecule has 2 aromatic rings. The average molecular weight is 287 g/mol. The van der Waals surface area contributed by atoms with Crippen LogP contribution in [0.25, 0.3) is 0 Å². The standard InChI is InChI=1S/C15H17N3OS/c1-19-13-4-2-3-11-9-18(8-7-12(11)13)15-17-16-14(20-15)10-5-6-10/h2-4,10H,5-9H2,1H3. The Morgan fingerprint density at radius 2 is 2.20 bits per heavy atom. The van der Waals surface area contributed by atoms with E-state index in [4.69, 9.17) is 4.74 Å². The number of fused-ring (bicyclic) bond motifs is 1. The van der Waals surface area contributed by atoms with Crippen LogP contribution in [0.15, 0.2) is 18.2 Å². The Labute approximate surface area is 122 Å². The van der Waals surface area contributed by atoms with E-state index >= 15 is 0 Å². The second kappa shape index (κ2) is 4.74. The molecule has 1 aromatic heterocycles. The third-order valence-electron chi connectivity index (χ3n) is 4.07. The van der Waals surface area contributed by atoms with Gasteiger partial charge in [-0.05, 0) is 30.9 Å². The van der Waals surface area contributed by atoms with Crippen LogP contribution in [0, 0.1) is 0 Å². The highest BCUT2D eigenvalue weighted by molar-refractivity contribution is 7.15. The predicted octanol–water partition coefficient (Wildman–Crippen LogP) is 2.99. The molecule has 0 radical (unpaired) electrons. The maximum atomic E-state index is 5.45. The smallest absolute Gasteiger partial charge is 0.208 e. The molecule has 4 nitrogen and oxygen atoms in total. The first-order valence-electron chi connectivity index (χ1n) is 7.08. The third-order valence-corrected chi connectivity index (χ3v) is 5.22. The fraction of sp³-hybridized carbons (Fsp3) is 0.467. The summed E-state index contributed by atoms with van der Waals surface area (Å²) in [6.07, 6.45) is 3.58. The molecular formula is C15H17N3OS. The number of rotatable bonds is 3. The summed E-state index contributed by atoms with van der Waals surface area (Å²) in [6.45, 7) is 1.90. The highest BCUT2D eigenvalue weighted by Gasteiger charge is 2.29. The lowest BCUT2D eigenvalue weighted by molar-refractivity contribution is 0.407. The topological polar surface area (TPSA) is 38.2 Å². The highest BCUT2D eigenvalue weighted by atomic mass is 32.1. The summed E-state index contributed by atoms with van der Waals surface area (Å²) in [7, 11) is 1.74. The lowest BCUT2D eigenvalue weighted by Crippen LogP contribution is -2.30. The van der Waals surface area contributed by atoms with E-state index < -0.39 is 0 Å². The molecule has 5 heteroatoms. The average Bonchev–Trinajstić information content (AvgIpc) is 3.23. The van der Waals surface area contributed by atoms with Crippen molar-refractivity contribution in [2.24, 2.45) is 0 Å². The third kappa shape index (κ3) is 2.06. The zero-order chi connectivity index (χ0) is 13.5. The summed E-state index contributed by atoms with van der Waals surface area (Å²) in [5.74, 6) is 1.71. The molecule has 0 atom stereocenters. The molecule has 2 aliphatic rings. The van der Waals surface area contributed by atoms with Gasteiger partial charge in [0.15, 0.2) is 0 Å². The molecule has 0 N–H and O–H groups in total. The Morgan fingerprint density at radius 1 is 1.30 bits per heavy atom. The van der Waals surface area contributed by atoms with Crippen molar-refractivity contribution < 1.29 is 4.74 Å². The van der Waals surface area contributed by atoms with E-state index in [1.165, 1.54) is 29.0 Å². The Bertz CT molecular complexity index is 636. The van der Waals surface area contributed by atoms with Gasteiger partial charge in [-0.15, -0.1) is 10.2 Å². The summed E-state index contributed by atoms with van der Waals surface area (Å²) >= 11 is 1.77. The largest absolute Gasteiger partial charge is 0.496 e. The van der Waals surface area contributed by atoms with Gasteiger partial charge in [0.25, 0.3) is 0 Å². The molecule has 0 unspecified atom stereocenters. The SMILES string of the molecule is COc1cccc2c1CCN(c1nnc(C3CC3)s1)C2. The Kier molecular flexibility index (Phi) is 2.88. The van der Waals surface area contributed by atoms with Crippen LogP contribution >= 0.6 is 11.3 Å². The van der Waals surface area contributed by atoms with Gasteiger partial charge in [-0.2, -0.15) is 0 Å². The van der Waals surface area contributed by atoms with Crippen molar-refractivity contribution in [2.45, 2.75) is 31.7 Å². The molecule has 0 spiro atoms. The van der Waals surface area contributed by atoms with Gasteiger partial charge in [0, 0.05) is 24.6 Å². The molecule has 2 heterocycles. The predicted molar refractivity (Wildman–Crippen MR) is 79.6 cm³/mol. The van der Waals surface area contributed by atoms with Crippen molar-refractivity contribution in [2.75, 3.05) is 18.6 Å². The number of hydrogen-bond donors (Lipinski definition) is 0. The monoisotopic (exact) mass is 287 g/mol. The van der Waals surface area contributed by atoms with Gasteiger partial charge in [0.2, 0.25) is 5.13 Å². The van der Waals surface area contributed by atoms with Crippen LogP contribution in [-0.4, -0.2) is 23.9 Å². The minimum atomic E-state index is 0.693. The van der Waals surface area contributed by atoms with Crippen LogP contribution in [0.4, 0.5) is 5.13 Å². The second-order valence-corrected chi connectivity index (χ2v) is 6.45. The van der Waals surface area contributed by atoms with Gasteiger partial charge in [-0.3, -0.25) is 0 Å². The summed E-state index contributed by atoms with van der Waals surface area (Å²) < 4.78 is 5.45. The molecular weight excluding hydrogens is 270 g/mol. The first-order valence-corrected chi connectivity index (χ1v) is 7.90. The maximum absolute atomic E-state index is 5.45. The van der Waals surface area contributed by atoms with E-state index in [2.05, 4.69) is 27.2 Å². The van der Waals surface area contributed by atoms with Gasteiger partial charge in [-0.1, -0.05) is 23.5 Å². The van der Waals surface area contributed by atoms with Crippen molar-refractivity contribution in [3.8, 4) is 5.75 Å². The van der Waals surface area contributed by atoms with Crippen molar-refractivity contribution in [1.82, 2.24) is 10.2 Å². The highest BCUT2D eigenvalue weighted by Crippen LogP contribution is 2.43. The zero-order valence-electron chi connectivity index (χ0n) is 11.5. The summed E-state index contributed by atoms with van der Waals surface area (Å²) in [5, 5.41) is 11.0. The Hall–Kier alpha value is -1.62. The van der Waals surface area contributed by atoms with E-state index in [1.807, 2.05) is 6.07 Å². The first kappa shape index (κ1) is 12.1. The van der Waals surface area contributed by atoms with Crippen molar-refractivity contribution in [3.63, 3.8) is 0 Å². The van der Waals surface area contributed by atoms with Crippen molar-refractivity contribution in [3.05, 3.63) is 34.3 Å². The Balaban J connectivity index is 1.59. The van der Waals surface area contributed by atoms with Crippen LogP contribution in [-0.2, 0) is 13.0 Å². The van der Waals surface area contributed by atoms with E-state index in [1.54, 1.807) is 18.4 Å². The molecule has 1 fully saturated rings. The molecule has 1 aromatic carbocycles. The zero-order valence-corrected chi connectivity index (χ0v) is 12.3. The van der Waals surface area contributed by atoms with Crippen LogP contribution in [0.1, 0.15) is 34.9 Å². The van der Waals surface area contributed by atoms with Crippen LogP contribution in [0.5, 0.6) is 5.75 Å². The number of hydrogen-bond acceptors (Lipinski definition) is 5. The van der Waals surface area contributed by atoms with Gasteiger partial charge in [-0.25, -0.2) is 0 Å². The molecule has 4 rings (SSSR count).